The highest BCUT2D eigenvalue weighted by atomic mass is 32.2. The molecule has 5 nitrogen and oxygen atoms in total. The largest absolute Gasteiger partial charge is 0.462 e. The molecule has 1 aromatic carbocycles. The lowest BCUT2D eigenvalue weighted by atomic mass is 9.67. The highest BCUT2D eigenvalue weighted by Crippen LogP contribution is 2.49. The molecule has 1 aliphatic heterocycles. The Morgan fingerprint density at radius 3 is 2.72 bits per heavy atom. The summed E-state index contributed by atoms with van der Waals surface area (Å²) in [4.78, 5) is 13.4. The van der Waals surface area contributed by atoms with Crippen molar-refractivity contribution in [1.29, 1.82) is 0 Å². The summed E-state index contributed by atoms with van der Waals surface area (Å²) in [7, 11) is 0. The SMILES string of the molecule is CCOC(=O)c1sc(SCc2ccccc2)c2c1CC1(CCOCC1)C/C2=N\O. The third-order valence-electron chi connectivity index (χ3n) is 5.71. The molecule has 154 valence electrons. The molecule has 0 radical (unpaired) electrons. The smallest absolute Gasteiger partial charge is 0.348 e. The van der Waals surface area contributed by atoms with E-state index in [1.165, 1.54) is 16.9 Å². The number of ether oxygens (including phenoxy) is 2. The van der Waals surface area contributed by atoms with E-state index in [2.05, 4.69) is 17.3 Å². The second kappa shape index (κ2) is 8.90. The lowest BCUT2D eigenvalue weighted by Gasteiger charge is -2.40. The fourth-order valence-electron chi connectivity index (χ4n) is 4.21. The quantitative estimate of drug-likeness (QED) is 0.307. The zero-order valence-electron chi connectivity index (χ0n) is 16.5. The fourth-order valence-corrected chi connectivity index (χ4v) is 6.72. The number of thiophene rings is 1. The topological polar surface area (TPSA) is 68.1 Å². The van der Waals surface area contributed by atoms with Crippen LogP contribution in [0.4, 0.5) is 0 Å². The van der Waals surface area contributed by atoms with Crippen molar-refractivity contribution in [3.05, 3.63) is 51.9 Å². The monoisotopic (exact) mass is 431 g/mol. The van der Waals surface area contributed by atoms with Crippen LogP contribution in [0.3, 0.4) is 0 Å². The van der Waals surface area contributed by atoms with E-state index in [1.54, 1.807) is 11.8 Å². The minimum atomic E-state index is -0.276. The van der Waals surface area contributed by atoms with Crippen molar-refractivity contribution in [1.82, 2.24) is 0 Å². The van der Waals surface area contributed by atoms with Gasteiger partial charge in [0.2, 0.25) is 0 Å². The Balaban J connectivity index is 1.72. The van der Waals surface area contributed by atoms with Gasteiger partial charge in [0.25, 0.3) is 0 Å². The molecule has 4 rings (SSSR count). The Bertz CT molecular complexity index is 901. The van der Waals surface area contributed by atoms with Crippen LogP contribution in [-0.2, 0) is 21.6 Å². The van der Waals surface area contributed by atoms with Crippen LogP contribution in [0.1, 0.15) is 52.5 Å². The molecule has 2 heterocycles. The molecule has 0 amide bonds. The maximum absolute atomic E-state index is 12.7. The molecule has 1 saturated heterocycles. The predicted molar refractivity (Wildman–Crippen MR) is 115 cm³/mol. The highest BCUT2D eigenvalue weighted by molar-refractivity contribution is 8.00. The van der Waals surface area contributed by atoms with E-state index in [9.17, 15) is 10.0 Å². The minimum absolute atomic E-state index is 0.00347. The number of fused-ring (bicyclic) bond motifs is 1. The summed E-state index contributed by atoms with van der Waals surface area (Å²) in [5, 5.41) is 13.5. The third-order valence-corrected chi connectivity index (χ3v) is 8.26. The van der Waals surface area contributed by atoms with Crippen molar-refractivity contribution in [2.24, 2.45) is 10.6 Å². The molecule has 0 bridgehead atoms. The van der Waals surface area contributed by atoms with Gasteiger partial charge >= 0.3 is 5.97 Å². The molecule has 0 saturated carbocycles. The predicted octanol–water partition coefficient (Wildman–Crippen LogP) is 5.14. The minimum Gasteiger partial charge on any atom is -0.462 e. The molecule has 2 aromatic rings. The summed E-state index contributed by atoms with van der Waals surface area (Å²) in [6.45, 7) is 3.59. The fraction of sp³-hybridized carbons (Fsp3) is 0.455. The number of nitrogens with zero attached hydrogens (tertiary/aromatic N) is 1. The van der Waals surface area contributed by atoms with Crippen LogP contribution < -0.4 is 0 Å². The van der Waals surface area contributed by atoms with E-state index in [4.69, 9.17) is 9.47 Å². The van der Waals surface area contributed by atoms with E-state index < -0.39 is 0 Å². The normalized spacial score (nSPS) is 19.3. The van der Waals surface area contributed by atoms with Crippen molar-refractivity contribution in [2.75, 3.05) is 19.8 Å². The molecule has 1 fully saturated rings. The van der Waals surface area contributed by atoms with Crippen LogP contribution in [0.15, 0.2) is 39.7 Å². The number of benzene rings is 1. The molecule has 0 unspecified atom stereocenters. The van der Waals surface area contributed by atoms with Gasteiger partial charge in [-0.3, -0.25) is 0 Å². The number of carbonyl (C=O) groups excluding carboxylic acids is 1. The highest BCUT2D eigenvalue weighted by Gasteiger charge is 2.43. The first-order chi connectivity index (χ1) is 14.2. The molecular formula is C22H25NO4S2. The standard InChI is InChI=1S/C22H25NO4S2/c1-2-27-20(24)19-16-12-22(8-10-26-11-9-22)13-17(23-25)18(16)21(29-19)28-14-15-6-4-3-5-7-15/h3-7,25H,2,8-14H2,1H3/b23-17+. The van der Waals surface area contributed by atoms with Crippen LogP contribution in [-0.4, -0.2) is 36.7 Å². The number of oxime groups is 1. The molecule has 2 aliphatic rings. The number of thioether (sulfide) groups is 1. The summed E-state index contributed by atoms with van der Waals surface area (Å²) < 4.78 is 11.9. The van der Waals surface area contributed by atoms with E-state index in [0.29, 0.717) is 30.4 Å². The van der Waals surface area contributed by atoms with E-state index >= 15 is 0 Å². The Morgan fingerprint density at radius 1 is 1.28 bits per heavy atom. The van der Waals surface area contributed by atoms with Crippen molar-refractivity contribution >= 4 is 34.8 Å². The third kappa shape index (κ3) is 4.22. The van der Waals surface area contributed by atoms with Gasteiger partial charge in [0.15, 0.2) is 0 Å². The molecule has 1 spiro atoms. The van der Waals surface area contributed by atoms with Crippen molar-refractivity contribution < 1.29 is 19.5 Å². The van der Waals surface area contributed by atoms with Crippen LogP contribution in [0, 0.1) is 5.41 Å². The number of rotatable bonds is 5. The van der Waals surface area contributed by atoms with Gasteiger partial charge in [0, 0.05) is 24.5 Å². The van der Waals surface area contributed by atoms with Crippen LogP contribution in [0.2, 0.25) is 0 Å². The van der Waals surface area contributed by atoms with Crippen LogP contribution >= 0.6 is 23.1 Å². The van der Waals surface area contributed by atoms with Crippen LogP contribution in [0.5, 0.6) is 0 Å². The van der Waals surface area contributed by atoms with Gasteiger partial charge < -0.3 is 14.7 Å². The average Bonchev–Trinajstić information content (AvgIpc) is 3.11. The second-order valence-corrected chi connectivity index (χ2v) is 9.84. The lowest BCUT2D eigenvalue weighted by Crippen LogP contribution is -2.38. The first kappa shape index (κ1) is 20.4. The van der Waals surface area contributed by atoms with Gasteiger partial charge in [0.1, 0.15) is 4.88 Å². The maximum Gasteiger partial charge on any atom is 0.348 e. The van der Waals surface area contributed by atoms with Gasteiger partial charge in [-0.05, 0) is 49.1 Å². The summed E-state index contributed by atoms with van der Waals surface area (Å²) in [6.07, 6.45) is 3.35. The van der Waals surface area contributed by atoms with E-state index in [1.807, 2.05) is 25.1 Å². The van der Waals surface area contributed by atoms with Gasteiger partial charge in [-0.15, -0.1) is 23.1 Å². The molecule has 1 aliphatic carbocycles. The number of hydrogen-bond donors (Lipinski definition) is 1. The van der Waals surface area contributed by atoms with Gasteiger partial charge in [0.05, 0.1) is 16.5 Å². The summed E-state index contributed by atoms with van der Waals surface area (Å²) in [6, 6.07) is 10.2. The molecule has 1 aromatic heterocycles. The molecule has 7 heteroatoms. The Hall–Kier alpha value is -1.83. The lowest BCUT2D eigenvalue weighted by molar-refractivity contribution is 0.0166. The van der Waals surface area contributed by atoms with Gasteiger partial charge in [-0.25, -0.2) is 4.79 Å². The molecular weight excluding hydrogens is 406 g/mol. The maximum atomic E-state index is 12.7. The average molecular weight is 432 g/mol. The Kier molecular flexibility index (Phi) is 6.27. The number of carbonyl (C=O) groups is 1. The molecule has 29 heavy (non-hydrogen) atoms. The summed E-state index contributed by atoms with van der Waals surface area (Å²) >= 11 is 3.17. The second-order valence-electron chi connectivity index (χ2n) is 7.58. The van der Waals surface area contributed by atoms with E-state index in [0.717, 1.165) is 46.8 Å². The van der Waals surface area contributed by atoms with E-state index in [-0.39, 0.29) is 11.4 Å². The first-order valence-electron chi connectivity index (χ1n) is 9.94. The summed E-state index contributed by atoms with van der Waals surface area (Å²) in [5.74, 6) is 0.523. The zero-order valence-corrected chi connectivity index (χ0v) is 18.1. The van der Waals surface area contributed by atoms with Crippen molar-refractivity contribution in [3.63, 3.8) is 0 Å². The number of hydrogen-bond acceptors (Lipinski definition) is 7. The van der Waals surface area contributed by atoms with Gasteiger partial charge in [-0.2, -0.15) is 0 Å². The van der Waals surface area contributed by atoms with Crippen molar-refractivity contribution in [2.45, 2.75) is 42.6 Å². The number of esters is 1. The van der Waals surface area contributed by atoms with Crippen LogP contribution in [0.25, 0.3) is 0 Å². The Morgan fingerprint density at radius 2 is 2.03 bits per heavy atom. The zero-order chi connectivity index (χ0) is 20.3. The first-order valence-corrected chi connectivity index (χ1v) is 11.7. The Labute approximate surface area is 179 Å². The van der Waals surface area contributed by atoms with Crippen molar-refractivity contribution in [3.8, 4) is 0 Å². The molecule has 0 atom stereocenters. The molecule has 1 N–H and O–H groups in total. The van der Waals surface area contributed by atoms with Gasteiger partial charge in [-0.1, -0.05) is 35.5 Å². The summed E-state index contributed by atoms with van der Waals surface area (Å²) in [5.41, 5.74) is 3.84.